The van der Waals surface area contributed by atoms with Crippen molar-refractivity contribution in [2.45, 2.75) is 51.7 Å². The van der Waals surface area contributed by atoms with Gasteiger partial charge in [0.25, 0.3) is 0 Å². The summed E-state index contributed by atoms with van der Waals surface area (Å²) in [6.45, 7) is 8.92. The van der Waals surface area contributed by atoms with Crippen molar-refractivity contribution in [2.75, 3.05) is 32.8 Å². The van der Waals surface area contributed by atoms with E-state index in [1.54, 1.807) is 0 Å². The Bertz CT molecular complexity index is 524. The van der Waals surface area contributed by atoms with E-state index in [0.29, 0.717) is 0 Å². The van der Waals surface area contributed by atoms with Crippen LogP contribution in [0.15, 0.2) is 12.4 Å². The van der Waals surface area contributed by atoms with Crippen LogP contribution in [-0.2, 0) is 16.1 Å². The molecule has 0 unspecified atom stereocenters. The van der Waals surface area contributed by atoms with Crippen LogP contribution in [0.5, 0.6) is 0 Å². The monoisotopic (exact) mass is 320 g/mol. The Morgan fingerprint density at radius 2 is 2.13 bits per heavy atom. The summed E-state index contributed by atoms with van der Waals surface area (Å²) in [6.07, 6.45) is 7.31. The van der Waals surface area contributed by atoms with E-state index in [0.717, 1.165) is 52.2 Å². The fraction of sp³-hybridized carbons (Fsp3) is 0.765. The Labute approximate surface area is 138 Å². The van der Waals surface area contributed by atoms with Gasteiger partial charge in [0.05, 0.1) is 38.0 Å². The predicted octanol–water partition coefficient (Wildman–Crippen LogP) is 1.29. The zero-order chi connectivity index (χ0) is 16.2. The molecule has 128 valence electrons. The van der Waals surface area contributed by atoms with E-state index in [4.69, 9.17) is 4.74 Å². The van der Waals surface area contributed by atoms with Gasteiger partial charge in [-0.25, -0.2) is 0 Å². The molecular weight excluding hydrogens is 292 g/mol. The summed E-state index contributed by atoms with van der Waals surface area (Å²) >= 11 is 0. The maximum atomic E-state index is 13.0. The van der Waals surface area contributed by atoms with Crippen molar-refractivity contribution < 1.29 is 9.53 Å². The van der Waals surface area contributed by atoms with Crippen molar-refractivity contribution in [3.8, 4) is 0 Å². The van der Waals surface area contributed by atoms with Crippen LogP contribution in [0.1, 0.15) is 31.7 Å². The average molecular weight is 320 g/mol. The molecule has 1 amide bonds. The first-order valence-electron chi connectivity index (χ1n) is 8.76. The molecule has 0 spiro atoms. The highest BCUT2D eigenvalue weighted by Crippen LogP contribution is 2.21. The Morgan fingerprint density at radius 1 is 1.35 bits per heavy atom. The maximum absolute atomic E-state index is 13.0. The van der Waals surface area contributed by atoms with Gasteiger partial charge in [-0.2, -0.15) is 5.10 Å². The molecular formula is C17H28N4O2. The first-order chi connectivity index (χ1) is 11.1. The lowest BCUT2D eigenvalue weighted by Crippen LogP contribution is -2.55. The Morgan fingerprint density at radius 3 is 2.83 bits per heavy atom. The number of hydrogen-bond acceptors (Lipinski definition) is 4. The number of piperidine rings is 1. The standard InChI is InChI=1S/C17H28N4O2/c1-14-11-18-20(12-14)13-16-5-3-4-6-21(16)17(22)15(2)19-7-9-23-10-8-19/h11-12,15-16H,3-10,13H2,1-2H3/t15-,16+/m0/s1. The van der Waals surface area contributed by atoms with E-state index < -0.39 is 0 Å². The smallest absolute Gasteiger partial charge is 0.239 e. The van der Waals surface area contributed by atoms with E-state index in [9.17, 15) is 4.79 Å². The number of aryl methyl sites for hydroxylation is 1. The van der Waals surface area contributed by atoms with E-state index in [1.807, 2.05) is 24.7 Å². The third-order valence-electron chi connectivity index (χ3n) is 5.02. The van der Waals surface area contributed by atoms with Crippen molar-refractivity contribution in [3.05, 3.63) is 18.0 Å². The van der Waals surface area contributed by atoms with Crippen LogP contribution in [0.4, 0.5) is 0 Å². The van der Waals surface area contributed by atoms with Gasteiger partial charge in [0.2, 0.25) is 5.91 Å². The van der Waals surface area contributed by atoms with Gasteiger partial charge in [0.15, 0.2) is 0 Å². The molecule has 0 N–H and O–H groups in total. The van der Waals surface area contributed by atoms with Crippen LogP contribution in [-0.4, -0.2) is 70.4 Å². The highest BCUT2D eigenvalue weighted by molar-refractivity contribution is 5.82. The molecule has 6 nitrogen and oxygen atoms in total. The SMILES string of the molecule is Cc1cnn(C[C@H]2CCCCN2C(=O)[C@H](C)N2CCOCC2)c1. The van der Waals surface area contributed by atoms with Crippen molar-refractivity contribution in [1.29, 1.82) is 0 Å². The Kier molecular flexibility index (Phi) is 5.33. The normalized spacial score (nSPS) is 24.6. The Hall–Kier alpha value is -1.40. The van der Waals surface area contributed by atoms with Crippen molar-refractivity contribution in [3.63, 3.8) is 0 Å². The van der Waals surface area contributed by atoms with Crippen LogP contribution < -0.4 is 0 Å². The number of morpholine rings is 1. The first kappa shape index (κ1) is 16.5. The van der Waals surface area contributed by atoms with Crippen molar-refractivity contribution in [2.24, 2.45) is 0 Å². The van der Waals surface area contributed by atoms with Crippen molar-refractivity contribution in [1.82, 2.24) is 19.6 Å². The number of carbonyl (C=O) groups is 1. The summed E-state index contributed by atoms with van der Waals surface area (Å²) in [5.74, 6) is 0.264. The minimum atomic E-state index is -0.0566. The van der Waals surface area contributed by atoms with Gasteiger partial charge in [0.1, 0.15) is 0 Å². The number of hydrogen-bond donors (Lipinski definition) is 0. The molecule has 2 aliphatic rings. The van der Waals surface area contributed by atoms with Gasteiger partial charge in [-0.15, -0.1) is 0 Å². The second-order valence-corrected chi connectivity index (χ2v) is 6.75. The number of likely N-dealkylation sites (tertiary alicyclic amines) is 1. The minimum absolute atomic E-state index is 0.0566. The largest absolute Gasteiger partial charge is 0.379 e. The lowest BCUT2D eigenvalue weighted by molar-refractivity contribution is -0.142. The predicted molar refractivity (Wildman–Crippen MR) is 88.2 cm³/mol. The molecule has 3 rings (SSSR count). The third-order valence-corrected chi connectivity index (χ3v) is 5.02. The van der Waals surface area contributed by atoms with Gasteiger partial charge in [-0.05, 0) is 38.7 Å². The lowest BCUT2D eigenvalue weighted by Gasteiger charge is -2.40. The molecule has 2 fully saturated rings. The Balaban J connectivity index is 1.65. The van der Waals surface area contributed by atoms with E-state index >= 15 is 0 Å². The molecule has 2 saturated heterocycles. The van der Waals surface area contributed by atoms with Crippen LogP contribution in [0.2, 0.25) is 0 Å². The molecule has 1 aromatic heterocycles. The highest BCUT2D eigenvalue weighted by Gasteiger charge is 2.33. The second-order valence-electron chi connectivity index (χ2n) is 6.75. The van der Waals surface area contributed by atoms with Crippen LogP contribution in [0.25, 0.3) is 0 Å². The number of rotatable bonds is 4. The van der Waals surface area contributed by atoms with E-state index in [2.05, 4.69) is 21.1 Å². The van der Waals surface area contributed by atoms with Crippen LogP contribution >= 0.6 is 0 Å². The summed E-state index contributed by atoms with van der Waals surface area (Å²) in [6, 6.07) is 0.206. The van der Waals surface area contributed by atoms with Gasteiger partial charge in [-0.3, -0.25) is 14.4 Å². The molecule has 2 atom stereocenters. The number of nitrogens with zero attached hydrogens (tertiary/aromatic N) is 4. The molecule has 23 heavy (non-hydrogen) atoms. The molecule has 0 bridgehead atoms. The summed E-state index contributed by atoms with van der Waals surface area (Å²) in [5, 5.41) is 4.39. The summed E-state index contributed by atoms with van der Waals surface area (Å²) in [5.41, 5.74) is 1.17. The first-order valence-corrected chi connectivity index (χ1v) is 8.76. The van der Waals surface area contributed by atoms with Gasteiger partial charge < -0.3 is 9.64 Å². The zero-order valence-corrected chi connectivity index (χ0v) is 14.3. The molecule has 0 aromatic carbocycles. The number of aromatic nitrogens is 2. The van der Waals surface area contributed by atoms with E-state index in [1.165, 1.54) is 12.0 Å². The van der Waals surface area contributed by atoms with Crippen molar-refractivity contribution >= 4 is 5.91 Å². The number of ether oxygens (including phenoxy) is 1. The third kappa shape index (κ3) is 3.93. The van der Waals surface area contributed by atoms with E-state index in [-0.39, 0.29) is 18.0 Å². The fourth-order valence-electron chi connectivity index (χ4n) is 3.62. The summed E-state index contributed by atoms with van der Waals surface area (Å²) in [7, 11) is 0. The molecule has 2 aliphatic heterocycles. The van der Waals surface area contributed by atoms with Gasteiger partial charge in [-0.1, -0.05) is 0 Å². The fourth-order valence-corrected chi connectivity index (χ4v) is 3.62. The second kappa shape index (κ2) is 7.45. The highest BCUT2D eigenvalue weighted by atomic mass is 16.5. The molecule has 1 aromatic rings. The molecule has 0 radical (unpaired) electrons. The lowest BCUT2D eigenvalue weighted by atomic mass is 10.0. The number of amides is 1. The molecule has 3 heterocycles. The summed E-state index contributed by atoms with van der Waals surface area (Å²) < 4.78 is 7.38. The molecule has 6 heteroatoms. The summed E-state index contributed by atoms with van der Waals surface area (Å²) in [4.78, 5) is 17.4. The molecule has 0 saturated carbocycles. The maximum Gasteiger partial charge on any atom is 0.239 e. The van der Waals surface area contributed by atoms with Crippen LogP contribution in [0.3, 0.4) is 0 Å². The minimum Gasteiger partial charge on any atom is -0.379 e. The van der Waals surface area contributed by atoms with Crippen LogP contribution in [0, 0.1) is 6.92 Å². The molecule has 0 aliphatic carbocycles. The van der Waals surface area contributed by atoms with Gasteiger partial charge in [0, 0.05) is 25.8 Å². The number of carbonyl (C=O) groups excluding carboxylic acids is 1. The average Bonchev–Trinajstić information content (AvgIpc) is 3.00. The quantitative estimate of drug-likeness (QED) is 0.839. The topological polar surface area (TPSA) is 50.6 Å². The zero-order valence-electron chi connectivity index (χ0n) is 14.3. The van der Waals surface area contributed by atoms with Gasteiger partial charge >= 0.3 is 0 Å².